The van der Waals surface area contributed by atoms with Crippen LogP contribution in [0, 0.1) is 0 Å². The van der Waals surface area contributed by atoms with E-state index in [2.05, 4.69) is 21.2 Å². The molecule has 0 unspecified atom stereocenters. The molecule has 3 N–H and O–H groups in total. The first-order chi connectivity index (χ1) is 4.43. The third-order valence-corrected chi connectivity index (χ3v) is 1.06. The van der Waals surface area contributed by atoms with E-state index in [0.29, 0.717) is 0 Å². The summed E-state index contributed by atoms with van der Waals surface area (Å²) in [6.07, 6.45) is 0. The van der Waals surface area contributed by atoms with Gasteiger partial charge in [0.15, 0.2) is 0 Å². The lowest BCUT2D eigenvalue weighted by Gasteiger charge is -2.04. The molecule has 4 heteroatoms. The van der Waals surface area contributed by atoms with Crippen molar-refractivity contribution in [3.8, 4) is 0 Å². The topological polar surface area (TPSA) is 48.5 Å². The molecule has 0 amide bonds. The van der Waals surface area contributed by atoms with Crippen molar-refractivity contribution in [3.05, 3.63) is 0 Å². The first-order valence-electron chi connectivity index (χ1n) is 3.20. The Morgan fingerprint density at radius 1 is 1.78 bits per heavy atom. The Kier molecular flexibility index (Phi) is 2.32. The molecule has 0 aromatic heterocycles. The lowest BCUT2D eigenvalue weighted by atomic mass is 10.7. The highest BCUT2D eigenvalue weighted by Gasteiger charge is 2.00. The van der Waals surface area contributed by atoms with Crippen LogP contribution >= 0.6 is 0 Å². The summed E-state index contributed by atoms with van der Waals surface area (Å²) in [7, 11) is 0. The zero-order valence-electron chi connectivity index (χ0n) is 5.57. The number of nitrogens with one attached hydrogen (secondary N) is 3. The van der Waals surface area contributed by atoms with Gasteiger partial charge in [-0.2, -0.15) is 0 Å². The van der Waals surface area contributed by atoms with Crippen LogP contribution in [0.25, 0.3) is 0 Å². The molecule has 52 valence electrons. The third-order valence-electron chi connectivity index (χ3n) is 1.06. The Labute approximate surface area is 54.7 Å². The van der Waals surface area contributed by atoms with E-state index in [0.717, 1.165) is 25.6 Å². The molecular weight excluding hydrogens is 116 g/mol. The summed E-state index contributed by atoms with van der Waals surface area (Å²) in [6, 6.07) is 0. The number of nitrogens with zero attached hydrogens (tertiary/aromatic N) is 1. The standard InChI is InChI=1S/C5H12N4/c1-2-8-9-5-6-3-4-7-5/h8H,2-4H2,1H3,(H2,6,7,9). The van der Waals surface area contributed by atoms with E-state index in [9.17, 15) is 0 Å². The number of hydrogen-bond donors (Lipinski definition) is 3. The van der Waals surface area contributed by atoms with Gasteiger partial charge in [-0.1, -0.05) is 6.92 Å². The van der Waals surface area contributed by atoms with Gasteiger partial charge in [-0.25, -0.2) is 5.43 Å². The number of rotatable bonds is 2. The van der Waals surface area contributed by atoms with E-state index in [-0.39, 0.29) is 0 Å². The lowest BCUT2D eigenvalue weighted by Crippen LogP contribution is -2.42. The molecule has 0 spiro atoms. The molecule has 1 aliphatic rings. The SMILES string of the molecule is CCNNC1=NCCN1. The molecule has 0 fully saturated rings. The van der Waals surface area contributed by atoms with Gasteiger partial charge in [-0.15, -0.1) is 0 Å². The highest BCUT2D eigenvalue weighted by atomic mass is 15.4. The van der Waals surface area contributed by atoms with Crippen LogP contribution in [0.5, 0.6) is 0 Å². The maximum atomic E-state index is 4.11. The Morgan fingerprint density at radius 2 is 2.67 bits per heavy atom. The number of aliphatic imine (C=N–C) groups is 1. The molecule has 0 bridgehead atoms. The van der Waals surface area contributed by atoms with Gasteiger partial charge in [-0.05, 0) is 0 Å². The van der Waals surface area contributed by atoms with E-state index in [1.807, 2.05) is 6.92 Å². The van der Waals surface area contributed by atoms with Crippen molar-refractivity contribution in [2.45, 2.75) is 6.92 Å². The van der Waals surface area contributed by atoms with E-state index in [4.69, 9.17) is 0 Å². The van der Waals surface area contributed by atoms with E-state index < -0.39 is 0 Å². The van der Waals surface area contributed by atoms with Gasteiger partial charge in [0.2, 0.25) is 5.96 Å². The van der Waals surface area contributed by atoms with Crippen LogP contribution in [0.3, 0.4) is 0 Å². The van der Waals surface area contributed by atoms with Gasteiger partial charge in [0.25, 0.3) is 0 Å². The van der Waals surface area contributed by atoms with Crippen LogP contribution < -0.4 is 16.2 Å². The fourth-order valence-corrected chi connectivity index (χ4v) is 0.654. The molecule has 0 radical (unpaired) electrons. The molecule has 0 atom stereocenters. The Bertz CT molecular complexity index is 110. The molecule has 4 nitrogen and oxygen atoms in total. The Morgan fingerprint density at radius 3 is 3.22 bits per heavy atom. The average molecular weight is 128 g/mol. The maximum absolute atomic E-state index is 4.11. The predicted molar refractivity (Wildman–Crippen MR) is 37.1 cm³/mol. The molecule has 1 heterocycles. The largest absolute Gasteiger partial charge is 0.353 e. The summed E-state index contributed by atoms with van der Waals surface area (Å²) < 4.78 is 0. The van der Waals surface area contributed by atoms with Crippen molar-refractivity contribution >= 4 is 5.96 Å². The summed E-state index contributed by atoms with van der Waals surface area (Å²) >= 11 is 0. The van der Waals surface area contributed by atoms with Crippen LogP contribution in [-0.4, -0.2) is 25.6 Å². The van der Waals surface area contributed by atoms with E-state index >= 15 is 0 Å². The predicted octanol–water partition coefficient (Wildman–Crippen LogP) is -0.940. The van der Waals surface area contributed by atoms with Gasteiger partial charge in [-0.3, -0.25) is 10.4 Å². The minimum absolute atomic E-state index is 0.858. The highest BCUT2D eigenvalue weighted by Crippen LogP contribution is 1.77. The fraction of sp³-hybridized carbons (Fsp3) is 0.800. The monoisotopic (exact) mass is 128 g/mol. The summed E-state index contributed by atoms with van der Waals surface area (Å²) in [5.41, 5.74) is 5.87. The van der Waals surface area contributed by atoms with Crippen molar-refractivity contribution in [1.82, 2.24) is 16.2 Å². The second kappa shape index (κ2) is 3.29. The molecule has 0 saturated carbocycles. The zero-order valence-corrected chi connectivity index (χ0v) is 5.57. The molecule has 9 heavy (non-hydrogen) atoms. The minimum Gasteiger partial charge on any atom is -0.353 e. The summed E-state index contributed by atoms with van der Waals surface area (Å²) in [5.74, 6) is 0.858. The molecule has 0 saturated heterocycles. The molecule has 0 aromatic carbocycles. The van der Waals surface area contributed by atoms with Gasteiger partial charge >= 0.3 is 0 Å². The van der Waals surface area contributed by atoms with Crippen molar-refractivity contribution in [1.29, 1.82) is 0 Å². The van der Waals surface area contributed by atoms with E-state index in [1.165, 1.54) is 0 Å². The van der Waals surface area contributed by atoms with Crippen LogP contribution in [-0.2, 0) is 0 Å². The zero-order chi connectivity index (χ0) is 6.53. The summed E-state index contributed by atoms with van der Waals surface area (Å²) in [5, 5.41) is 3.07. The number of hydrogen-bond acceptors (Lipinski definition) is 4. The molecule has 1 aliphatic heterocycles. The fourth-order valence-electron chi connectivity index (χ4n) is 0.654. The molecule has 0 aromatic rings. The van der Waals surface area contributed by atoms with E-state index in [1.54, 1.807) is 0 Å². The molecule has 1 rings (SSSR count). The first-order valence-corrected chi connectivity index (χ1v) is 3.20. The van der Waals surface area contributed by atoms with Crippen molar-refractivity contribution in [2.75, 3.05) is 19.6 Å². The summed E-state index contributed by atoms with van der Waals surface area (Å²) in [4.78, 5) is 4.11. The number of hydrazine groups is 1. The second-order valence-electron chi connectivity index (χ2n) is 1.81. The van der Waals surface area contributed by atoms with Gasteiger partial charge < -0.3 is 5.32 Å². The van der Waals surface area contributed by atoms with Crippen LogP contribution in [0.2, 0.25) is 0 Å². The van der Waals surface area contributed by atoms with Crippen LogP contribution in [0.1, 0.15) is 6.92 Å². The quantitative estimate of drug-likeness (QED) is 0.421. The van der Waals surface area contributed by atoms with Crippen molar-refractivity contribution in [3.63, 3.8) is 0 Å². The second-order valence-corrected chi connectivity index (χ2v) is 1.81. The Hall–Kier alpha value is -0.770. The van der Waals surface area contributed by atoms with Crippen molar-refractivity contribution in [2.24, 2.45) is 4.99 Å². The highest BCUT2D eigenvalue weighted by molar-refractivity contribution is 5.80. The van der Waals surface area contributed by atoms with Gasteiger partial charge in [0.05, 0.1) is 6.54 Å². The van der Waals surface area contributed by atoms with Gasteiger partial charge in [0.1, 0.15) is 0 Å². The smallest absolute Gasteiger partial charge is 0.206 e. The number of guanidine groups is 1. The Balaban J connectivity index is 2.11. The molecule has 0 aliphatic carbocycles. The molecular formula is C5H12N4. The minimum atomic E-state index is 0.858. The summed E-state index contributed by atoms with van der Waals surface area (Å²) in [6.45, 7) is 4.77. The maximum Gasteiger partial charge on any atom is 0.206 e. The van der Waals surface area contributed by atoms with Gasteiger partial charge in [0, 0.05) is 13.1 Å². The van der Waals surface area contributed by atoms with Crippen LogP contribution in [0.4, 0.5) is 0 Å². The lowest BCUT2D eigenvalue weighted by molar-refractivity contribution is 0.672. The van der Waals surface area contributed by atoms with Crippen molar-refractivity contribution < 1.29 is 0 Å². The third kappa shape index (κ3) is 1.89. The average Bonchev–Trinajstić information content (AvgIpc) is 2.34. The first kappa shape index (κ1) is 6.35. The van der Waals surface area contributed by atoms with Crippen LogP contribution in [0.15, 0.2) is 4.99 Å². The normalized spacial score (nSPS) is 16.8.